The maximum absolute atomic E-state index is 11.6. The van der Waals surface area contributed by atoms with Crippen LogP contribution in [0.2, 0.25) is 0 Å². The molecule has 0 bridgehead atoms. The smallest absolute Gasteiger partial charge is 0.234 e. The zero-order valence-electron chi connectivity index (χ0n) is 12.6. The first-order valence-electron chi connectivity index (χ1n) is 7.38. The molecule has 2 aromatic carbocycles. The summed E-state index contributed by atoms with van der Waals surface area (Å²) in [6.07, 6.45) is 2.95. The van der Waals surface area contributed by atoms with Crippen molar-refractivity contribution in [3.63, 3.8) is 0 Å². The Kier molecular flexibility index (Phi) is 8.26. The molecule has 3 nitrogen and oxygen atoms in total. The summed E-state index contributed by atoms with van der Waals surface area (Å²) in [5.41, 5.74) is 7.87. The van der Waals surface area contributed by atoms with Crippen LogP contribution in [-0.2, 0) is 11.2 Å². The van der Waals surface area contributed by atoms with Crippen molar-refractivity contribution in [1.82, 2.24) is 5.32 Å². The molecule has 0 fully saturated rings. The number of aryl methyl sites for hydroxylation is 1. The molecule has 0 aliphatic heterocycles. The topological polar surface area (TPSA) is 55.1 Å². The van der Waals surface area contributed by atoms with Crippen molar-refractivity contribution in [3.8, 4) is 0 Å². The second-order valence-electron chi connectivity index (χ2n) is 5.11. The molecule has 0 spiro atoms. The van der Waals surface area contributed by atoms with Crippen molar-refractivity contribution in [3.05, 3.63) is 71.8 Å². The van der Waals surface area contributed by atoms with Crippen molar-refractivity contribution < 1.29 is 4.79 Å². The fourth-order valence-corrected chi connectivity index (χ4v) is 2.42. The van der Waals surface area contributed by atoms with E-state index in [1.54, 1.807) is 0 Å². The third-order valence-corrected chi connectivity index (χ3v) is 3.52. The molecular weight excluding hydrogens is 296 g/mol. The summed E-state index contributed by atoms with van der Waals surface area (Å²) in [6.45, 7) is 0.0298. The summed E-state index contributed by atoms with van der Waals surface area (Å²) >= 11 is 0. The maximum Gasteiger partial charge on any atom is 0.234 e. The van der Waals surface area contributed by atoms with Crippen LogP contribution in [0.25, 0.3) is 0 Å². The van der Waals surface area contributed by atoms with Crippen molar-refractivity contribution in [1.29, 1.82) is 0 Å². The van der Waals surface area contributed by atoms with Crippen LogP contribution in [-0.4, -0.2) is 12.5 Å². The highest BCUT2D eigenvalue weighted by Crippen LogP contribution is 2.19. The molecule has 0 aliphatic rings. The standard InChI is InChI=1S/C18H22N2O.ClH/c19-14-18(21)20-17(16-11-5-2-6-12-16)13-7-10-15-8-3-1-4-9-15;/h1-6,8-9,11-12,17H,7,10,13-14,19H2,(H,20,21);1H. The van der Waals surface area contributed by atoms with Gasteiger partial charge in [0.15, 0.2) is 0 Å². The Morgan fingerprint density at radius 2 is 1.59 bits per heavy atom. The van der Waals surface area contributed by atoms with E-state index in [-0.39, 0.29) is 30.9 Å². The van der Waals surface area contributed by atoms with Gasteiger partial charge in [-0.2, -0.15) is 0 Å². The van der Waals surface area contributed by atoms with E-state index in [0.29, 0.717) is 0 Å². The van der Waals surface area contributed by atoms with Crippen LogP contribution in [0.3, 0.4) is 0 Å². The lowest BCUT2D eigenvalue weighted by Gasteiger charge is -2.19. The predicted octanol–water partition coefficient (Wildman–Crippen LogP) is 3.25. The quantitative estimate of drug-likeness (QED) is 0.823. The third-order valence-electron chi connectivity index (χ3n) is 3.52. The zero-order valence-corrected chi connectivity index (χ0v) is 13.4. The van der Waals surface area contributed by atoms with Crippen molar-refractivity contribution in [2.75, 3.05) is 6.54 Å². The van der Waals surface area contributed by atoms with Gasteiger partial charge >= 0.3 is 0 Å². The minimum Gasteiger partial charge on any atom is -0.348 e. The van der Waals surface area contributed by atoms with E-state index < -0.39 is 0 Å². The van der Waals surface area contributed by atoms with Gasteiger partial charge in [0.05, 0.1) is 12.6 Å². The highest BCUT2D eigenvalue weighted by Gasteiger charge is 2.13. The largest absolute Gasteiger partial charge is 0.348 e. The predicted molar refractivity (Wildman–Crippen MR) is 93.0 cm³/mol. The molecule has 2 rings (SSSR count). The fraction of sp³-hybridized carbons (Fsp3) is 0.278. The second kappa shape index (κ2) is 9.98. The molecule has 118 valence electrons. The number of hydrogen-bond donors (Lipinski definition) is 2. The molecule has 0 radical (unpaired) electrons. The van der Waals surface area contributed by atoms with Gasteiger partial charge in [0.1, 0.15) is 0 Å². The number of hydrogen-bond acceptors (Lipinski definition) is 2. The van der Waals surface area contributed by atoms with E-state index in [0.717, 1.165) is 24.8 Å². The van der Waals surface area contributed by atoms with Gasteiger partial charge in [-0.25, -0.2) is 0 Å². The van der Waals surface area contributed by atoms with Gasteiger partial charge < -0.3 is 11.1 Å². The van der Waals surface area contributed by atoms with Crippen molar-refractivity contribution in [2.45, 2.75) is 25.3 Å². The Bertz CT molecular complexity index is 546. The van der Waals surface area contributed by atoms with Gasteiger partial charge in [0.25, 0.3) is 0 Å². The van der Waals surface area contributed by atoms with Gasteiger partial charge in [-0.05, 0) is 30.4 Å². The molecule has 22 heavy (non-hydrogen) atoms. The lowest BCUT2D eigenvalue weighted by Crippen LogP contribution is -2.33. The summed E-state index contributed by atoms with van der Waals surface area (Å²) in [6, 6.07) is 20.5. The van der Waals surface area contributed by atoms with E-state index in [9.17, 15) is 4.79 Å². The number of nitrogens with two attached hydrogens (primary N) is 1. The first-order valence-corrected chi connectivity index (χ1v) is 7.38. The molecule has 0 saturated heterocycles. The SMILES string of the molecule is Cl.NCC(=O)NC(CCCc1ccccc1)c1ccccc1. The molecule has 0 aromatic heterocycles. The fourth-order valence-electron chi connectivity index (χ4n) is 2.42. The zero-order chi connectivity index (χ0) is 14.9. The van der Waals surface area contributed by atoms with Crippen molar-refractivity contribution >= 4 is 18.3 Å². The van der Waals surface area contributed by atoms with E-state index in [1.165, 1.54) is 5.56 Å². The highest BCUT2D eigenvalue weighted by molar-refractivity contribution is 5.85. The van der Waals surface area contributed by atoms with E-state index in [2.05, 4.69) is 29.6 Å². The van der Waals surface area contributed by atoms with E-state index >= 15 is 0 Å². The molecule has 2 aromatic rings. The van der Waals surface area contributed by atoms with Gasteiger partial charge in [-0.15, -0.1) is 12.4 Å². The van der Waals surface area contributed by atoms with Crippen LogP contribution in [0.5, 0.6) is 0 Å². The first kappa shape index (κ1) is 18.2. The number of nitrogens with one attached hydrogen (secondary N) is 1. The maximum atomic E-state index is 11.6. The summed E-state index contributed by atoms with van der Waals surface area (Å²) in [5, 5.41) is 3.01. The van der Waals surface area contributed by atoms with Gasteiger partial charge in [0, 0.05) is 0 Å². The molecule has 4 heteroatoms. The number of carbonyl (C=O) groups is 1. The number of benzene rings is 2. The van der Waals surface area contributed by atoms with Crippen LogP contribution in [0, 0.1) is 0 Å². The summed E-state index contributed by atoms with van der Waals surface area (Å²) in [4.78, 5) is 11.6. The van der Waals surface area contributed by atoms with Crippen LogP contribution in [0.4, 0.5) is 0 Å². The van der Waals surface area contributed by atoms with Crippen LogP contribution in [0.1, 0.15) is 30.0 Å². The lowest BCUT2D eigenvalue weighted by atomic mass is 9.99. The molecule has 1 atom stereocenters. The first-order chi connectivity index (χ1) is 10.3. The Morgan fingerprint density at radius 3 is 2.18 bits per heavy atom. The molecule has 1 amide bonds. The highest BCUT2D eigenvalue weighted by atomic mass is 35.5. The Labute approximate surface area is 138 Å². The average molecular weight is 319 g/mol. The molecule has 0 heterocycles. The van der Waals surface area contributed by atoms with Crippen LogP contribution >= 0.6 is 12.4 Å². The molecular formula is C18H23ClN2O. The van der Waals surface area contributed by atoms with E-state index in [4.69, 9.17) is 5.73 Å². The number of carbonyl (C=O) groups excluding carboxylic acids is 1. The number of amides is 1. The molecule has 1 unspecified atom stereocenters. The number of halogens is 1. The second-order valence-corrected chi connectivity index (χ2v) is 5.11. The van der Waals surface area contributed by atoms with Gasteiger partial charge in [-0.3, -0.25) is 4.79 Å². The summed E-state index contributed by atoms with van der Waals surface area (Å²) < 4.78 is 0. The van der Waals surface area contributed by atoms with Gasteiger partial charge in [-0.1, -0.05) is 60.7 Å². The third kappa shape index (κ3) is 5.88. The summed E-state index contributed by atoms with van der Waals surface area (Å²) in [5.74, 6) is -0.108. The van der Waals surface area contributed by atoms with Crippen LogP contribution in [0.15, 0.2) is 60.7 Å². The monoisotopic (exact) mass is 318 g/mol. The van der Waals surface area contributed by atoms with Gasteiger partial charge in [0.2, 0.25) is 5.91 Å². The Hall–Kier alpha value is -1.84. The molecule has 0 saturated carbocycles. The molecule has 3 N–H and O–H groups in total. The molecule has 0 aliphatic carbocycles. The lowest BCUT2D eigenvalue weighted by molar-refractivity contribution is -0.120. The number of rotatable bonds is 7. The van der Waals surface area contributed by atoms with Crippen molar-refractivity contribution in [2.24, 2.45) is 5.73 Å². The van der Waals surface area contributed by atoms with Crippen LogP contribution < -0.4 is 11.1 Å². The average Bonchev–Trinajstić information content (AvgIpc) is 2.55. The van der Waals surface area contributed by atoms with E-state index in [1.807, 2.05) is 36.4 Å². The Balaban J connectivity index is 0.00000242. The normalized spacial score (nSPS) is 11.3. The Morgan fingerprint density at radius 1 is 1.00 bits per heavy atom. The summed E-state index contributed by atoms with van der Waals surface area (Å²) in [7, 11) is 0. The minimum atomic E-state index is -0.108. The minimum absolute atomic E-state index is 0.